The van der Waals surface area contributed by atoms with Gasteiger partial charge in [0.1, 0.15) is 17.7 Å². The highest BCUT2D eigenvalue weighted by Gasteiger charge is 2.31. The van der Waals surface area contributed by atoms with Crippen LogP contribution in [0.5, 0.6) is 0 Å². The molecule has 0 unspecified atom stereocenters. The molecule has 0 radical (unpaired) electrons. The normalized spacial score (nSPS) is 15.2. The molecule has 0 saturated heterocycles. The first-order valence-electron chi connectivity index (χ1n) is 14.2. The van der Waals surface area contributed by atoms with E-state index < -0.39 is 47.7 Å². The van der Waals surface area contributed by atoms with Crippen molar-refractivity contribution in [2.45, 2.75) is 104 Å². The van der Waals surface area contributed by atoms with Gasteiger partial charge in [0.25, 0.3) is 0 Å². The van der Waals surface area contributed by atoms with Crippen LogP contribution >= 0.6 is 11.8 Å². The molecule has 0 bridgehead atoms. The van der Waals surface area contributed by atoms with Gasteiger partial charge in [-0.25, -0.2) is 4.79 Å². The number of thioether (sulfide) groups is 1. The number of aliphatic hydroxyl groups is 1. The van der Waals surface area contributed by atoms with Crippen LogP contribution in [0.2, 0.25) is 0 Å². The second kappa shape index (κ2) is 17.9. The van der Waals surface area contributed by atoms with Gasteiger partial charge in [0.15, 0.2) is 0 Å². The SMILES string of the molecule is CSCC[C@H](NC(=O)OC(C)(C)C)C(=O)N[C@@H](CC(C)C)[C@@H](O)C[C@@H](C)C(=O)N[C@@H](C)C(=O)NCc1ccccc1. The van der Waals surface area contributed by atoms with Gasteiger partial charge < -0.3 is 31.1 Å². The van der Waals surface area contributed by atoms with Gasteiger partial charge >= 0.3 is 6.09 Å². The van der Waals surface area contributed by atoms with Crippen molar-refractivity contribution in [1.29, 1.82) is 0 Å². The largest absolute Gasteiger partial charge is 0.444 e. The van der Waals surface area contributed by atoms with E-state index in [0.717, 1.165) is 5.56 Å². The number of ether oxygens (including phenoxy) is 1. The Balaban J connectivity index is 2.78. The topological polar surface area (TPSA) is 146 Å². The van der Waals surface area contributed by atoms with E-state index in [1.807, 2.05) is 50.4 Å². The highest BCUT2D eigenvalue weighted by Crippen LogP contribution is 2.17. The van der Waals surface area contributed by atoms with Crippen LogP contribution in [0, 0.1) is 11.8 Å². The average Bonchev–Trinajstić information content (AvgIpc) is 2.88. The second-order valence-electron chi connectivity index (χ2n) is 11.9. The van der Waals surface area contributed by atoms with Crippen LogP contribution in [-0.4, -0.2) is 70.8 Å². The minimum absolute atomic E-state index is 0.0802. The monoisotopic (exact) mass is 594 g/mol. The Morgan fingerprint density at radius 2 is 1.54 bits per heavy atom. The lowest BCUT2D eigenvalue weighted by molar-refractivity contribution is -0.131. The molecular weight excluding hydrogens is 544 g/mol. The first-order chi connectivity index (χ1) is 19.1. The van der Waals surface area contributed by atoms with Crippen molar-refractivity contribution in [3.63, 3.8) is 0 Å². The van der Waals surface area contributed by atoms with Gasteiger partial charge in [-0.2, -0.15) is 11.8 Å². The lowest BCUT2D eigenvalue weighted by Gasteiger charge is -2.30. The summed E-state index contributed by atoms with van der Waals surface area (Å²) in [5.41, 5.74) is 0.240. The number of alkyl carbamates (subject to hydrolysis) is 1. The van der Waals surface area contributed by atoms with Crippen molar-refractivity contribution in [1.82, 2.24) is 21.3 Å². The van der Waals surface area contributed by atoms with Crippen molar-refractivity contribution in [2.24, 2.45) is 11.8 Å². The Bertz CT molecular complexity index is 969. The zero-order chi connectivity index (χ0) is 31.2. The van der Waals surface area contributed by atoms with Gasteiger partial charge in [-0.1, -0.05) is 51.1 Å². The number of hydrogen-bond acceptors (Lipinski definition) is 7. The standard InChI is InChI=1S/C30H50N4O6S/c1-19(2)16-24(33-28(38)23(14-15-41-8)34-29(39)40-30(5,6)7)25(35)17-20(3)26(36)32-21(4)27(37)31-18-22-12-10-9-11-13-22/h9-13,19-21,23-25,35H,14-18H2,1-8H3,(H,31,37)(H,32,36)(H,33,38)(H,34,39)/t20-,21+,23+,24+,25+/m1/s1. The summed E-state index contributed by atoms with van der Waals surface area (Å²) in [6, 6.07) is 7.24. The predicted molar refractivity (Wildman–Crippen MR) is 163 cm³/mol. The third kappa shape index (κ3) is 15.1. The summed E-state index contributed by atoms with van der Waals surface area (Å²) in [4.78, 5) is 50.9. The molecule has 10 nitrogen and oxygen atoms in total. The zero-order valence-corrected chi connectivity index (χ0v) is 26.6. The number of amides is 4. The maximum atomic E-state index is 13.2. The minimum Gasteiger partial charge on any atom is -0.444 e. The van der Waals surface area contributed by atoms with Crippen LogP contribution in [0.25, 0.3) is 0 Å². The fraction of sp³-hybridized carbons (Fsp3) is 0.667. The molecule has 1 aromatic carbocycles. The van der Waals surface area contributed by atoms with E-state index in [-0.39, 0.29) is 24.2 Å². The second-order valence-corrected chi connectivity index (χ2v) is 12.8. The molecule has 11 heteroatoms. The van der Waals surface area contributed by atoms with Crippen molar-refractivity contribution in [2.75, 3.05) is 12.0 Å². The van der Waals surface area contributed by atoms with E-state index in [0.29, 0.717) is 25.1 Å². The van der Waals surface area contributed by atoms with E-state index >= 15 is 0 Å². The van der Waals surface area contributed by atoms with E-state index in [2.05, 4.69) is 21.3 Å². The summed E-state index contributed by atoms with van der Waals surface area (Å²) in [5, 5.41) is 22.1. The Hall–Kier alpha value is -2.79. The molecule has 41 heavy (non-hydrogen) atoms. The summed E-state index contributed by atoms with van der Waals surface area (Å²) >= 11 is 1.55. The highest BCUT2D eigenvalue weighted by atomic mass is 32.2. The number of hydrogen-bond donors (Lipinski definition) is 5. The Morgan fingerprint density at radius 3 is 2.10 bits per heavy atom. The van der Waals surface area contributed by atoms with Gasteiger partial charge in [-0.05, 0) is 70.4 Å². The molecular formula is C30H50N4O6S. The Kier molecular flexibility index (Phi) is 15.8. The van der Waals surface area contributed by atoms with E-state index in [9.17, 15) is 24.3 Å². The van der Waals surface area contributed by atoms with Gasteiger partial charge in [-0.15, -0.1) is 0 Å². The lowest BCUT2D eigenvalue weighted by atomic mass is 9.92. The number of nitrogens with one attached hydrogen (secondary N) is 4. The van der Waals surface area contributed by atoms with Crippen LogP contribution in [0.1, 0.15) is 73.3 Å². The van der Waals surface area contributed by atoms with E-state index in [4.69, 9.17) is 4.74 Å². The molecule has 232 valence electrons. The molecule has 0 aliphatic rings. The summed E-state index contributed by atoms with van der Waals surface area (Å²) in [6.07, 6.45) is 1.14. The number of aliphatic hydroxyl groups excluding tert-OH is 1. The van der Waals surface area contributed by atoms with Crippen LogP contribution in [0.3, 0.4) is 0 Å². The van der Waals surface area contributed by atoms with Crippen LogP contribution in [0.4, 0.5) is 4.79 Å². The molecule has 0 spiro atoms. The van der Waals surface area contributed by atoms with Gasteiger partial charge in [0.05, 0.1) is 12.1 Å². The van der Waals surface area contributed by atoms with E-state index in [1.54, 1.807) is 46.4 Å². The number of rotatable bonds is 16. The van der Waals surface area contributed by atoms with Gasteiger partial charge in [-0.3, -0.25) is 14.4 Å². The molecule has 0 aliphatic carbocycles. The first kappa shape index (κ1) is 36.2. The summed E-state index contributed by atoms with van der Waals surface area (Å²) < 4.78 is 5.32. The number of carbonyl (C=O) groups excluding carboxylic acids is 4. The lowest BCUT2D eigenvalue weighted by Crippen LogP contribution is -2.54. The van der Waals surface area contributed by atoms with E-state index in [1.165, 1.54) is 0 Å². The quantitative estimate of drug-likeness (QED) is 0.197. The predicted octanol–water partition coefficient (Wildman–Crippen LogP) is 3.37. The molecule has 0 saturated carbocycles. The molecule has 1 rings (SSSR count). The Labute approximate surface area is 249 Å². The maximum absolute atomic E-state index is 13.2. The van der Waals surface area contributed by atoms with Gasteiger partial charge in [0.2, 0.25) is 17.7 Å². The average molecular weight is 595 g/mol. The fourth-order valence-electron chi connectivity index (χ4n) is 4.05. The van der Waals surface area contributed by atoms with Crippen molar-refractivity contribution >= 4 is 35.6 Å². The molecule has 0 fully saturated rings. The molecule has 0 heterocycles. The van der Waals surface area contributed by atoms with Crippen molar-refractivity contribution in [3.05, 3.63) is 35.9 Å². The third-order valence-electron chi connectivity index (χ3n) is 6.24. The Morgan fingerprint density at radius 1 is 0.902 bits per heavy atom. The molecule has 0 aromatic heterocycles. The summed E-state index contributed by atoms with van der Waals surface area (Å²) in [5.74, 6) is -0.932. The molecule has 5 atom stereocenters. The summed E-state index contributed by atoms with van der Waals surface area (Å²) in [7, 11) is 0. The molecule has 0 aliphatic heterocycles. The number of benzene rings is 1. The highest BCUT2D eigenvalue weighted by molar-refractivity contribution is 7.98. The van der Waals surface area contributed by atoms with Crippen molar-refractivity contribution < 1.29 is 29.0 Å². The smallest absolute Gasteiger partial charge is 0.408 e. The zero-order valence-electron chi connectivity index (χ0n) is 25.8. The molecule has 5 N–H and O–H groups in total. The fourth-order valence-corrected chi connectivity index (χ4v) is 4.52. The van der Waals surface area contributed by atoms with Crippen LogP contribution < -0.4 is 21.3 Å². The summed E-state index contributed by atoms with van der Waals surface area (Å²) in [6.45, 7) is 12.8. The minimum atomic E-state index is -1.02. The number of carbonyl (C=O) groups is 4. The maximum Gasteiger partial charge on any atom is 0.408 e. The molecule has 1 aromatic rings. The molecule has 4 amide bonds. The first-order valence-corrected chi connectivity index (χ1v) is 15.6. The van der Waals surface area contributed by atoms with Crippen molar-refractivity contribution in [3.8, 4) is 0 Å². The van der Waals surface area contributed by atoms with Gasteiger partial charge in [0, 0.05) is 12.5 Å². The van der Waals surface area contributed by atoms with Crippen LogP contribution in [-0.2, 0) is 25.7 Å². The third-order valence-corrected chi connectivity index (χ3v) is 6.88. The van der Waals surface area contributed by atoms with Crippen LogP contribution in [0.15, 0.2) is 30.3 Å².